The summed E-state index contributed by atoms with van der Waals surface area (Å²) >= 11 is 0. The van der Waals surface area contributed by atoms with E-state index in [4.69, 9.17) is 0 Å². The maximum atomic E-state index is 12.8. The summed E-state index contributed by atoms with van der Waals surface area (Å²) in [4.78, 5) is 29.1. The van der Waals surface area contributed by atoms with Gasteiger partial charge in [-0.15, -0.1) is 0 Å². The molecule has 2 fully saturated rings. The van der Waals surface area contributed by atoms with E-state index in [-0.39, 0.29) is 29.8 Å². The van der Waals surface area contributed by atoms with Crippen molar-refractivity contribution in [3.8, 4) is 0 Å². The fourth-order valence-corrected chi connectivity index (χ4v) is 4.12. The number of hydrogen-bond acceptors (Lipinski definition) is 2. The molecule has 0 bridgehead atoms. The normalized spacial score (nSPS) is 29.5. The van der Waals surface area contributed by atoms with Gasteiger partial charge in [0.25, 0.3) is 0 Å². The summed E-state index contributed by atoms with van der Waals surface area (Å²) in [5, 5.41) is 0. The number of amides is 2. The predicted octanol–water partition coefficient (Wildman–Crippen LogP) is 3.06. The SMILES string of the molecule is CC1CCC(N2CC(C(=O)N(C(C)C)C(C)C)CC2=O)CC1. The molecule has 0 aromatic heterocycles. The van der Waals surface area contributed by atoms with Crippen LogP contribution in [0.15, 0.2) is 0 Å². The first-order chi connectivity index (χ1) is 10.3. The zero-order valence-corrected chi connectivity index (χ0v) is 14.8. The molecule has 0 radical (unpaired) electrons. The Morgan fingerprint density at radius 3 is 2.14 bits per heavy atom. The minimum atomic E-state index is -0.142. The van der Waals surface area contributed by atoms with Gasteiger partial charge in [-0.1, -0.05) is 6.92 Å². The Balaban J connectivity index is 2.00. The van der Waals surface area contributed by atoms with E-state index in [0.29, 0.717) is 19.0 Å². The smallest absolute Gasteiger partial charge is 0.228 e. The highest BCUT2D eigenvalue weighted by Crippen LogP contribution is 2.32. The van der Waals surface area contributed by atoms with Crippen molar-refractivity contribution in [1.29, 1.82) is 0 Å². The van der Waals surface area contributed by atoms with Gasteiger partial charge in [-0.05, 0) is 59.3 Å². The molecule has 2 rings (SSSR count). The van der Waals surface area contributed by atoms with Crippen LogP contribution in [0.3, 0.4) is 0 Å². The summed E-state index contributed by atoms with van der Waals surface area (Å²) in [6.07, 6.45) is 5.02. The summed E-state index contributed by atoms with van der Waals surface area (Å²) < 4.78 is 0. The fourth-order valence-electron chi connectivity index (χ4n) is 4.12. The Labute approximate surface area is 135 Å². The predicted molar refractivity (Wildman–Crippen MR) is 88.4 cm³/mol. The molecule has 0 spiro atoms. The zero-order valence-electron chi connectivity index (χ0n) is 14.8. The monoisotopic (exact) mass is 308 g/mol. The number of nitrogens with zero attached hydrogens (tertiary/aromatic N) is 2. The van der Waals surface area contributed by atoms with Crippen molar-refractivity contribution in [1.82, 2.24) is 9.80 Å². The molecule has 0 aromatic carbocycles. The van der Waals surface area contributed by atoms with Gasteiger partial charge in [0, 0.05) is 31.1 Å². The van der Waals surface area contributed by atoms with Crippen molar-refractivity contribution >= 4 is 11.8 Å². The summed E-state index contributed by atoms with van der Waals surface area (Å²) in [7, 11) is 0. The molecule has 0 aromatic rings. The van der Waals surface area contributed by atoms with Crippen LogP contribution in [0.25, 0.3) is 0 Å². The third kappa shape index (κ3) is 3.64. The van der Waals surface area contributed by atoms with Crippen LogP contribution in [-0.2, 0) is 9.59 Å². The van der Waals surface area contributed by atoms with E-state index in [1.54, 1.807) is 0 Å². The van der Waals surface area contributed by atoms with Crippen LogP contribution >= 0.6 is 0 Å². The minimum absolute atomic E-state index is 0.142. The Hall–Kier alpha value is -1.06. The van der Waals surface area contributed by atoms with E-state index >= 15 is 0 Å². The molecule has 1 heterocycles. The molecule has 4 nitrogen and oxygen atoms in total. The third-order valence-electron chi connectivity index (χ3n) is 5.30. The lowest BCUT2D eigenvalue weighted by atomic mass is 9.86. The number of carbonyl (C=O) groups is 2. The van der Waals surface area contributed by atoms with Gasteiger partial charge in [-0.25, -0.2) is 0 Å². The number of carbonyl (C=O) groups excluding carboxylic acids is 2. The maximum Gasteiger partial charge on any atom is 0.228 e. The number of rotatable bonds is 4. The van der Waals surface area contributed by atoms with Crippen LogP contribution < -0.4 is 0 Å². The first-order valence-corrected chi connectivity index (χ1v) is 8.92. The second kappa shape index (κ2) is 7.01. The summed E-state index contributed by atoms with van der Waals surface area (Å²) in [5.41, 5.74) is 0. The lowest BCUT2D eigenvalue weighted by Gasteiger charge is -2.35. The van der Waals surface area contributed by atoms with Crippen molar-refractivity contribution in [2.45, 2.75) is 84.8 Å². The minimum Gasteiger partial charge on any atom is -0.339 e. The lowest BCUT2D eigenvalue weighted by Crippen LogP contribution is -2.46. The lowest BCUT2D eigenvalue weighted by molar-refractivity contribution is -0.139. The quantitative estimate of drug-likeness (QED) is 0.801. The van der Waals surface area contributed by atoms with Crippen LogP contribution in [0.2, 0.25) is 0 Å². The topological polar surface area (TPSA) is 40.6 Å². The molecule has 1 atom stereocenters. The average molecular weight is 308 g/mol. The molecule has 4 heteroatoms. The fraction of sp³-hybridized carbons (Fsp3) is 0.889. The Bertz CT molecular complexity index is 403. The van der Waals surface area contributed by atoms with Gasteiger partial charge >= 0.3 is 0 Å². The van der Waals surface area contributed by atoms with Crippen LogP contribution in [0.1, 0.15) is 66.7 Å². The molecular weight excluding hydrogens is 276 g/mol. The summed E-state index contributed by atoms with van der Waals surface area (Å²) in [5.74, 6) is 0.982. The second-order valence-electron chi connectivity index (χ2n) is 7.79. The molecular formula is C18H32N2O2. The largest absolute Gasteiger partial charge is 0.339 e. The van der Waals surface area contributed by atoms with Gasteiger partial charge in [0.1, 0.15) is 0 Å². The highest BCUT2D eigenvalue weighted by Gasteiger charge is 2.40. The van der Waals surface area contributed by atoms with Crippen LogP contribution in [0.4, 0.5) is 0 Å². The molecule has 1 saturated heterocycles. The maximum absolute atomic E-state index is 12.8. The first-order valence-electron chi connectivity index (χ1n) is 8.92. The van der Waals surface area contributed by atoms with Gasteiger partial charge < -0.3 is 9.80 Å². The van der Waals surface area contributed by atoms with Gasteiger partial charge in [0.05, 0.1) is 5.92 Å². The third-order valence-corrected chi connectivity index (χ3v) is 5.30. The average Bonchev–Trinajstić information content (AvgIpc) is 2.81. The highest BCUT2D eigenvalue weighted by molar-refractivity contribution is 5.89. The molecule has 22 heavy (non-hydrogen) atoms. The Morgan fingerprint density at radius 2 is 1.64 bits per heavy atom. The van der Waals surface area contributed by atoms with Gasteiger partial charge in [-0.2, -0.15) is 0 Å². The van der Waals surface area contributed by atoms with Crippen molar-refractivity contribution in [3.05, 3.63) is 0 Å². The van der Waals surface area contributed by atoms with Crippen molar-refractivity contribution in [2.24, 2.45) is 11.8 Å². The van der Waals surface area contributed by atoms with E-state index in [2.05, 4.69) is 34.6 Å². The molecule has 1 unspecified atom stereocenters. The Morgan fingerprint density at radius 1 is 1.09 bits per heavy atom. The molecule has 0 N–H and O–H groups in total. The number of likely N-dealkylation sites (tertiary alicyclic amines) is 1. The molecule has 1 saturated carbocycles. The molecule has 1 aliphatic carbocycles. The highest BCUT2D eigenvalue weighted by atomic mass is 16.2. The second-order valence-corrected chi connectivity index (χ2v) is 7.79. The van der Waals surface area contributed by atoms with Crippen molar-refractivity contribution < 1.29 is 9.59 Å². The van der Waals surface area contributed by atoms with E-state index in [0.717, 1.165) is 18.8 Å². The summed E-state index contributed by atoms with van der Waals surface area (Å²) in [6.45, 7) is 11.1. The zero-order chi connectivity index (χ0) is 16.4. The van der Waals surface area contributed by atoms with Gasteiger partial charge in [0.2, 0.25) is 11.8 Å². The molecule has 2 amide bonds. The molecule has 1 aliphatic heterocycles. The van der Waals surface area contributed by atoms with Crippen LogP contribution in [0.5, 0.6) is 0 Å². The van der Waals surface area contributed by atoms with E-state index in [9.17, 15) is 9.59 Å². The van der Waals surface area contributed by atoms with Crippen LogP contribution in [0, 0.1) is 11.8 Å². The van der Waals surface area contributed by atoms with E-state index in [1.807, 2.05) is 9.80 Å². The number of hydrogen-bond donors (Lipinski definition) is 0. The van der Waals surface area contributed by atoms with Gasteiger partial charge in [0.15, 0.2) is 0 Å². The van der Waals surface area contributed by atoms with E-state index < -0.39 is 0 Å². The van der Waals surface area contributed by atoms with Crippen molar-refractivity contribution in [3.63, 3.8) is 0 Å². The van der Waals surface area contributed by atoms with Gasteiger partial charge in [-0.3, -0.25) is 9.59 Å². The Kier molecular flexibility index (Phi) is 5.51. The van der Waals surface area contributed by atoms with Crippen molar-refractivity contribution in [2.75, 3.05) is 6.54 Å². The first kappa shape index (κ1) is 17.3. The van der Waals surface area contributed by atoms with Crippen LogP contribution in [-0.4, -0.2) is 46.3 Å². The summed E-state index contributed by atoms with van der Waals surface area (Å²) in [6, 6.07) is 0.743. The molecule has 126 valence electrons. The molecule has 2 aliphatic rings. The van der Waals surface area contributed by atoms with E-state index in [1.165, 1.54) is 12.8 Å². The standard InChI is InChI=1S/C18H32N2O2/c1-12(2)20(13(3)4)18(22)15-10-17(21)19(11-15)16-8-6-14(5)7-9-16/h12-16H,6-11H2,1-5H3.